The van der Waals surface area contributed by atoms with Crippen LogP contribution in [0.5, 0.6) is 0 Å². The number of nitrogens with one attached hydrogen (secondary N) is 1. The summed E-state index contributed by atoms with van der Waals surface area (Å²) >= 11 is 0. The summed E-state index contributed by atoms with van der Waals surface area (Å²) in [5.74, 6) is -2.03. The van der Waals surface area contributed by atoms with Gasteiger partial charge in [0.25, 0.3) is 5.91 Å². The number of carbonyl (C=O) groups excluding carboxylic acids is 1. The Labute approximate surface area is 165 Å². The minimum absolute atomic E-state index is 0.0608. The van der Waals surface area contributed by atoms with E-state index in [4.69, 9.17) is 0 Å². The van der Waals surface area contributed by atoms with Gasteiger partial charge >= 0.3 is 0 Å². The zero-order valence-corrected chi connectivity index (χ0v) is 15.2. The third-order valence-electron chi connectivity index (χ3n) is 4.41. The molecule has 0 fully saturated rings. The van der Waals surface area contributed by atoms with Gasteiger partial charge in [-0.15, -0.1) is 0 Å². The average Bonchev–Trinajstić information content (AvgIpc) is 3.24. The van der Waals surface area contributed by atoms with Crippen molar-refractivity contribution in [1.82, 2.24) is 14.8 Å². The fraction of sp³-hybridized carbons (Fsp3) is 0.0455. The fourth-order valence-corrected chi connectivity index (χ4v) is 2.99. The first-order valence-corrected chi connectivity index (χ1v) is 8.87. The van der Waals surface area contributed by atoms with E-state index < -0.39 is 17.5 Å². The third-order valence-corrected chi connectivity index (χ3v) is 4.41. The number of nitrogens with zero attached hydrogens (tertiary/aromatic N) is 3. The molecule has 5 nitrogen and oxygen atoms in total. The van der Waals surface area contributed by atoms with E-state index in [0.29, 0.717) is 17.7 Å². The van der Waals surface area contributed by atoms with Crippen LogP contribution in [0.1, 0.15) is 15.9 Å². The molecule has 0 atom stereocenters. The molecule has 29 heavy (non-hydrogen) atoms. The lowest BCUT2D eigenvalue weighted by molar-refractivity contribution is 0.102. The highest BCUT2D eigenvalue weighted by Gasteiger charge is 2.16. The molecule has 0 spiro atoms. The highest BCUT2D eigenvalue weighted by Crippen LogP contribution is 2.31. The largest absolute Gasteiger partial charge is 0.319 e. The summed E-state index contributed by atoms with van der Waals surface area (Å²) in [6, 6.07) is 17.6. The molecular formula is C22H16F2N4O. The van der Waals surface area contributed by atoms with Gasteiger partial charge < -0.3 is 5.32 Å². The second-order valence-corrected chi connectivity index (χ2v) is 6.42. The lowest BCUT2D eigenvalue weighted by Crippen LogP contribution is -2.14. The van der Waals surface area contributed by atoms with Crippen LogP contribution in [-0.4, -0.2) is 20.7 Å². The molecule has 144 valence electrons. The van der Waals surface area contributed by atoms with Gasteiger partial charge in [-0.3, -0.25) is 4.79 Å². The highest BCUT2D eigenvalue weighted by atomic mass is 19.1. The molecule has 0 aliphatic heterocycles. The van der Waals surface area contributed by atoms with Gasteiger partial charge in [0, 0.05) is 17.2 Å². The van der Waals surface area contributed by atoms with Crippen molar-refractivity contribution in [2.24, 2.45) is 0 Å². The Morgan fingerprint density at radius 1 is 1.00 bits per heavy atom. The quantitative estimate of drug-likeness (QED) is 0.545. The van der Waals surface area contributed by atoms with E-state index in [1.165, 1.54) is 12.4 Å². The van der Waals surface area contributed by atoms with Crippen LogP contribution in [0.2, 0.25) is 0 Å². The van der Waals surface area contributed by atoms with Gasteiger partial charge in [-0.25, -0.2) is 18.4 Å². The fourth-order valence-electron chi connectivity index (χ4n) is 2.99. The smallest absolute Gasteiger partial charge is 0.255 e. The Kier molecular flexibility index (Phi) is 5.11. The normalized spacial score (nSPS) is 10.7. The SMILES string of the molecule is O=C(Nc1c(F)cc(F)cc1-c1ccccc1)c1ccc(Cn2cncn2)cc1. The van der Waals surface area contributed by atoms with Crippen molar-refractivity contribution in [3.8, 4) is 11.1 Å². The lowest BCUT2D eigenvalue weighted by Gasteiger charge is -2.13. The van der Waals surface area contributed by atoms with Gasteiger partial charge in [-0.2, -0.15) is 5.10 Å². The summed E-state index contributed by atoms with van der Waals surface area (Å²) < 4.78 is 29.9. The average molecular weight is 390 g/mol. The molecule has 1 N–H and O–H groups in total. The second kappa shape index (κ2) is 8.02. The summed E-state index contributed by atoms with van der Waals surface area (Å²) in [4.78, 5) is 16.5. The van der Waals surface area contributed by atoms with Crippen molar-refractivity contribution < 1.29 is 13.6 Å². The zero-order valence-electron chi connectivity index (χ0n) is 15.2. The Hall–Kier alpha value is -3.87. The maximum Gasteiger partial charge on any atom is 0.255 e. The van der Waals surface area contributed by atoms with E-state index in [1.54, 1.807) is 65.6 Å². The zero-order chi connectivity index (χ0) is 20.2. The minimum atomic E-state index is -0.833. The molecule has 1 amide bonds. The second-order valence-electron chi connectivity index (χ2n) is 6.42. The lowest BCUT2D eigenvalue weighted by atomic mass is 10.0. The van der Waals surface area contributed by atoms with Crippen LogP contribution < -0.4 is 5.32 Å². The summed E-state index contributed by atoms with van der Waals surface area (Å²) in [6.45, 7) is 0.520. The summed E-state index contributed by atoms with van der Waals surface area (Å²) in [5, 5.41) is 6.61. The molecule has 0 saturated heterocycles. The maximum atomic E-state index is 14.5. The van der Waals surface area contributed by atoms with E-state index in [1.807, 2.05) is 0 Å². The first-order valence-electron chi connectivity index (χ1n) is 8.87. The van der Waals surface area contributed by atoms with Crippen LogP contribution in [0.25, 0.3) is 11.1 Å². The Bertz CT molecular complexity index is 1130. The number of halogens is 2. The number of hydrogen-bond donors (Lipinski definition) is 1. The van der Waals surface area contributed by atoms with E-state index in [9.17, 15) is 13.6 Å². The summed E-state index contributed by atoms with van der Waals surface area (Å²) in [5.41, 5.74) is 2.11. The molecule has 0 radical (unpaired) electrons. The van der Waals surface area contributed by atoms with Crippen LogP contribution in [0.3, 0.4) is 0 Å². The van der Waals surface area contributed by atoms with E-state index in [-0.39, 0.29) is 11.3 Å². The molecule has 0 unspecified atom stereocenters. The molecule has 0 aliphatic rings. The Morgan fingerprint density at radius 2 is 1.76 bits per heavy atom. The van der Waals surface area contributed by atoms with Crippen molar-refractivity contribution in [2.45, 2.75) is 6.54 Å². The molecule has 0 bridgehead atoms. The minimum Gasteiger partial charge on any atom is -0.319 e. The Morgan fingerprint density at radius 3 is 2.45 bits per heavy atom. The number of benzene rings is 3. The number of aromatic nitrogens is 3. The van der Waals surface area contributed by atoms with Gasteiger partial charge in [0.15, 0.2) is 0 Å². The van der Waals surface area contributed by atoms with Gasteiger partial charge in [0.1, 0.15) is 24.3 Å². The van der Waals surface area contributed by atoms with Crippen LogP contribution in [0, 0.1) is 11.6 Å². The topological polar surface area (TPSA) is 59.8 Å². The van der Waals surface area contributed by atoms with Crippen molar-refractivity contribution in [2.75, 3.05) is 5.32 Å². The molecule has 1 aromatic heterocycles. The summed E-state index contributed by atoms with van der Waals surface area (Å²) in [7, 11) is 0. The third kappa shape index (κ3) is 4.19. The first-order chi connectivity index (χ1) is 14.1. The van der Waals surface area contributed by atoms with Crippen LogP contribution >= 0.6 is 0 Å². The van der Waals surface area contributed by atoms with E-state index in [2.05, 4.69) is 15.4 Å². The van der Waals surface area contributed by atoms with Crippen molar-refractivity contribution in [3.05, 3.63) is 102 Å². The molecular weight excluding hydrogens is 374 g/mol. The Balaban J connectivity index is 1.58. The number of rotatable bonds is 5. The van der Waals surface area contributed by atoms with Gasteiger partial charge in [0.05, 0.1) is 12.2 Å². The van der Waals surface area contributed by atoms with Crippen LogP contribution in [-0.2, 0) is 6.54 Å². The number of carbonyl (C=O) groups is 1. The van der Waals surface area contributed by atoms with E-state index in [0.717, 1.165) is 11.6 Å². The monoisotopic (exact) mass is 390 g/mol. The standard InChI is InChI=1S/C22H16F2N4O/c23-18-10-19(16-4-2-1-3-5-16)21(20(24)11-18)27-22(29)17-8-6-15(7-9-17)12-28-14-25-13-26-28/h1-11,13-14H,12H2,(H,27,29). The highest BCUT2D eigenvalue weighted by molar-refractivity contribution is 6.06. The molecule has 0 saturated carbocycles. The van der Waals surface area contributed by atoms with Gasteiger partial charge in [0.2, 0.25) is 0 Å². The summed E-state index contributed by atoms with van der Waals surface area (Å²) in [6.07, 6.45) is 3.05. The molecule has 3 aromatic carbocycles. The molecule has 0 aliphatic carbocycles. The first kappa shape index (κ1) is 18.5. The van der Waals surface area contributed by atoms with E-state index >= 15 is 0 Å². The van der Waals surface area contributed by atoms with Crippen molar-refractivity contribution in [3.63, 3.8) is 0 Å². The molecule has 1 heterocycles. The number of anilines is 1. The predicted molar refractivity (Wildman–Crippen MR) is 105 cm³/mol. The number of hydrogen-bond acceptors (Lipinski definition) is 3. The predicted octanol–water partition coefficient (Wildman–Crippen LogP) is 4.52. The van der Waals surface area contributed by atoms with Crippen molar-refractivity contribution in [1.29, 1.82) is 0 Å². The van der Waals surface area contributed by atoms with Gasteiger partial charge in [-0.05, 0) is 29.3 Å². The molecule has 7 heteroatoms. The van der Waals surface area contributed by atoms with Gasteiger partial charge in [-0.1, -0.05) is 42.5 Å². The van der Waals surface area contributed by atoms with Crippen LogP contribution in [0.15, 0.2) is 79.4 Å². The molecule has 4 aromatic rings. The maximum absolute atomic E-state index is 14.5. The molecule has 4 rings (SSSR count). The van der Waals surface area contributed by atoms with Crippen LogP contribution in [0.4, 0.5) is 14.5 Å². The number of amides is 1. The van der Waals surface area contributed by atoms with Crippen molar-refractivity contribution >= 4 is 11.6 Å².